The van der Waals surface area contributed by atoms with E-state index in [4.69, 9.17) is 8.83 Å². The quantitative estimate of drug-likeness (QED) is 0.337. The zero-order chi connectivity index (χ0) is 20.8. The maximum atomic E-state index is 12.1. The largest absolute Gasteiger partial charge is 0.459 e. The van der Waals surface area contributed by atoms with Crippen LogP contribution in [0.2, 0.25) is 0 Å². The van der Waals surface area contributed by atoms with E-state index < -0.39 is 0 Å². The van der Waals surface area contributed by atoms with Gasteiger partial charge < -0.3 is 19.5 Å². The SMILES string of the molecule is O=C(Nc1cccc(SSc2cccc(NC(=O)c3ccco3)c2)c1)c1ccco1. The summed E-state index contributed by atoms with van der Waals surface area (Å²) < 4.78 is 10.2. The summed E-state index contributed by atoms with van der Waals surface area (Å²) >= 11 is 0. The molecule has 2 amide bonds. The molecule has 0 saturated heterocycles. The molecular weight excluding hydrogens is 420 g/mol. The zero-order valence-corrected chi connectivity index (χ0v) is 17.2. The third-order valence-electron chi connectivity index (χ3n) is 3.91. The molecule has 150 valence electrons. The van der Waals surface area contributed by atoms with Crippen LogP contribution in [0.4, 0.5) is 11.4 Å². The van der Waals surface area contributed by atoms with E-state index >= 15 is 0 Å². The summed E-state index contributed by atoms with van der Waals surface area (Å²) in [6, 6.07) is 21.7. The van der Waals surface area contributed by atoms with Gasteiger partial charge in [-0.2, -0.15) is 0 Å². The third-order valence-corrected chi connectivity index (χ3v) is 6.29. The second-order valence-electron chi connectivity index (χ2n) is 6.09. The number of nitrogens with one attached hydrogen (secondary N) is 2. The standard InChI is InChI=1S/C22H16N2O4S2/c25-21(19-9-3-11-27-19)23-15-5-1-7-17(13-15)29-30-18-8-2-6-16(14-18)24-22(26)20-10-4-12-28-20/h1-14H,(H,23,25)(H,24,26). The Morgan fingerprint density at radius 3 is 1.50 bits per heavy atom. The zero-order valence-electron chi connectivity index (χ0n) is 15.5. The van der Waals surface area contributed by atoms with Gasteiger partial charge in [-0.05, 0) is 60.7 Å². The van der Waals surface area contributed by atoms with Crippen LogP contribution in [0.3, 0.4) is 0 Å². The van der Waals surface area contributed by atoms with Crippen molar-refractivity contribution in [2.24, 2.45) is 0 Å². The van der Waals surface area contributed by atoms with Crippen molar-refractivity contribution in [2.75, 3.05) is 10.6 Å². The molecule has 0 saturated carbocycles. The Morgan fingerprint density at radius 2 is 1.10 bits per heavy atom. The molecule has 0 radical (unpaired) electrons. The second-order valence-corrected chi connectivity index (χ2v) is 8.36. The van der Waals surface area contributed by atoms with E-state index in [0.717, 1.165) is 9.79 Å². The molecule has 0 fully saturated rings. The summed E-state index contributed by atoms with van der Waals surface area (Å²) in [6.45, 7) is 0. The first-order chi connectivity index (χ1) is 14.7. The van der Waals surface area contributed by atoms with E-state index in [1.807, 2.05) is 48.5 Å². The average Bonchev–Trinajstić information content (AvgIpc) is 3.47. The van der Waals surface area contributed by atoms with Gasteiger partial charge in [-0.25, -0.2) is 0 Å². The molecule has 2 N–H and O–H groups in total. The first-order valence-corrected chi connectivity index (χ1v) is 11.1. The van der Waals surface area contributed by atoms with Crippen LogP contribution >= 0.6 is 21.6 Å². The van der Waals surface area contributed by atoms with Crippen LogP contribution in [0.5, 0.6) is 0 Å². The Kier molecular flexibility index (Phi) is 6.26. The van der Waals surface area contributed by atoms with E-state index in [0.29, 0.717) is 11.4 Å². The molecule has 0 aliphatic carbocycles. The Balaban J connectivity index is 1.36. The molecule has 8 heteroatoms. The van der Waals surface area contributed by atoms with Crippen LogP contribution in [0.25, 0.3) is 0 Å². The van der Waals surface area contributed by atoms with E-state index in [9.17, 15) is 9.59 Å². The Labute approximate surface area is 180 Å². The van der Waals surface area contributed by atoms with Crippen LogP contribution in [0, 0.1) is 0 Å². The number of anilines is 2. The summed E-state index contributed by atoms with van der Waals surface area (Å²) in [7, 11) is 3.10. The molecule has 0 spiro atoms. The third kappa shape index (κ3) is 5.16. The molecule has 0 aliphatic rings. The van der Waals surface area contributed by atoms with Gasteiger partial charge in [-0.3, -0.25) is 9.59 Å². The topological polar surface area (TPSA) is 84.5 Å². The second kappa shape index (κ2) is 9.43. The summed E-state index contributed by atoms with van der Waals surface area (Å²) in [6.07, 6.45) is 2.92. The minimum Gasteiger partial charge on any atom is -0.459 e. The van der Waals surface area contributed by atoms with Gasteiger partial charge in [-0.1, -0.05) is 33.7 Å². The fourth-order valence-electron chi connectivity index (χ4n) is 2.55. The number of furan rings is 2. The number of carbonyl (C=O) groups excluding carboxylic acids is 2. The Morgan fingerprint density at radius 1 is 0.633 bits per heavy atom. The summed E-state index contributed by atoms with van der Waals surface area (Å²) in [4.78, 5) is 26.2. The first-order valence-electron chi connectivity index (χ1n) is 8.92. The van der Waals surface area contributed by atoms with E-state index in [-0.39, 0.29) is 23.3 Å². The maximum Gasteiger partial charge on any atom is 0.291 e. The van der Waals surface area contributed by atoms with Gasteiger partial charge in [0.05, 0.1) is 12.5 Å². The van der Waals surface area contributed by atoms with Crippen molar-refractivity contribution in [1.82, 2.24) is 0 Å². The molecule has 2 aromatic heterocycles. The van der Waals surface area contributed by atoms with Crippen LogP contribution < -0.4 is 10.6 Å². The lowest BCUT2D eigenvalue weighted by Gasteiger charge is -2.07. The Bertz CT molecular complexity index is 1050. The van der Waals surface area contributed by atoms with Gasteiger partial charge in [0.1, 0.15) is 0 Å². The number of carbonyl (C=O) groups is 2. The molecule has 4 aromatic rings. The van der Waals surface area contributed by atoms with Gasteiger partial charge in [0, 0.05) is 21.2 Å². The van der Waals surface area contributed by atoms with Crippen molar-refractivity contribution in [3.8, 4) is 0 Å². The molecule has 4 rings (SSSR count). The van der Waals surface area contributed by atoms with Crippen LogP contribution in [-0.2, 0) is 0 Å². The van der Waals surface area contributed by atoms with Gasteiger partial charge in [0.2, 0.25) is 0 Å². The normalized spacial score (nSPS) is 10.5. The van der Waals surface area contributed by atoms with Crippen molar-refractivity contribution in [3.63, 3.8) is 0 Å². The summed E-state index contributed by atoms with van der Waals surface area (Å²) in [5, 5.41) is 5.63. The predicted molar refractivity (Wildman–Crippen MR) is 118 cm³/mol. The number of rotatable bonds is 7. The van der Waals surface area contributed by atoms with Gasteiger partial charge in [0.15, 0.2) is 11.5 Å². The van der Waals surface area contributed by atoms with Crippen molar-refractivity contribution < 1.29 is 18.4 Å². The molecule has 6 nitrogen and oxygen atoms in total. The van der Waals surface area contributed by atoms with E-state index in [1.165, 1.54) is 12.5 Å². The molecule has 2 aromatic carbocycles. The van der Waals surface area contributed by atoms with Crippen LogP contribution in [0.15, 0.2) is 104 Å². The lowest BCUT2D eigenvalue weighted by atomic mass is 10.3. The minimum atomic E-state index is -0.296. The highest BCUT2D eigenvalue weighted by molar-refractivity contribution is 8.76. The van der Waals surface area contributed by atoms with Crippen LogP contribution in [-0.4, -0.2) is 11.8 Å². The van der Waals surface area contributed by atoms with Crippen molar-refractivity contribution in [1.29, 1.82) is 0 Å². The average molecular weight is 437 g/mol. The number of amides is 2. The van der Waals surface area contributed by atoms with Gasteiger partial charge >= 0.3 is 0 Å². The smallest absolute Gasteiger partial charge is 0.291 e. The molecule has 0 aliphatic heterocycles. The highest BCUT2D eigenvalue weighted by Gasteiger charge is 2.10. The predicted octanol–water partition coefficient (Wildman–Crippen LogP) is 6.18. The number of hydrogen-bond donors (Lipinski definition) is 2. The fourth-order valence-corrected chi connectivity index (χ4v) is 4.56. The Hall–Kier alpha value is -3.36. The molecular formula is C22H16N2O4S2. The van der Waals surface area contributed by atoms with Crippen LogP contribution in [0.1, 0.15) is 21.1 Å². The summed E-state index contributed by atoms with van der Waals surface area (Å²) in [5.41, 5.74) is 1.36. The minimum absolute atomic E-state index is 0.260. The monoisotopic (exact) mass is 436 g/mol. The lowest BCUT2D eigenvalue weighted by molar-refractivity contribution is 0.0989. The molecule has 2 heterocycles. The summed E-state index contributed by atoms with van der Waals surface area (Å²) in [5.74, 6) is -0.0729. The molecule has 0 atom stereocenters. The van der Waals surface area contributed by atoms with Gasteiger partial charge in [0.25, 0.3) is 11.8 Å². The number of hydrogen-bond acceptors (Lipinski definition) is 6. The fraction of sp³-hybridized carbons (Fsp3) is 0. The molecule has 30 heavy (non-hydrogen) atoms. The van der Waals surface area contributed by atoms with E-state index in [2.05, 4.69) is 10.6 Å². The van der Waals surface area contributed by atoms with Crippen molar-refractivity contribution >= 4 is 44.8 Å². The number of benzene rings is 2. The molecule has 0 unspecified atom stereocenters. The van der Waals surface area contributed by atoms with Gasteiger partial charge in [-0.15, -0.1) is 0 Å². The highest BCUT2D eigenvalue weighted by Crippen LogP contribution is 2.39. The maximum absolute atomic E-state index is 12.1. The first kappa shape index (κ1) is 19.9. The van der Waals surface area contributed by atoms with Crippen molar-refractivity contribution in [2.45, 2.75) is 9.79 Å². The van der Waals surface area contributed by atoms with E-state index in [1.54, 1.807) is 45.9 Å². The van der Waals surface area contributed by atoms with Crippen molar-refractivity contribution in [3.05, 3.63) is 96.8 Å². The lowest BCUT2D eigenvalue weighted by Crippen LogP contribution is -2.10. The highest BCUT2D eigenvalue weighted by atomic mass is 33.1. The molecule has 0 bridgehead atoms.